The average Bonchev–Trinajstić information content (AvgIpc) is 2.63. The number of nitrogens with zero attached hydrogens (tertiary/aromatic N) is 2. The first-order chi connectivity index (χ1) is 9.90. The maximum atomic E-state index is 12.8. The zero-order valence-corrected chi connectivity index (χ0v) is 13.5. The Morgan fingerprint density at radius 1 is 1.29 bits per heavy atom. The van der Waals surface area contributed by atoms with Crippen LogP contribution in [0.2, 0.25) is 0 Å². The average molecular weight is 290 g/mol. The highest BCUT2D eigenvalue weighted by Crippen LogP contribution is 2.27. The van der Waals surface area contributed by atoms with Crippen molar-refractivity contribution in [3.05, 3.63) is 34.2 Å². The van der Waals surface area contributed by atoms with Crippen molar-refractivity contribution in [2.75, 3.05) is 6.54 Å². The van der Waals surface area contributed by atoms with Gasteiger partial charge in [0.05, 0.1) is 0 Å². The molecule has 1 saturated heterocycles. The molecule has 0 aromatic carbocycles. The van der Waals surface area contributed by atoms with Crippen molar-refractivity contribution < 1.29 is 4.79 Å². The van der Waals surface area contributed by atoms with Gasteiger partial charge in [-0.25, -0.2) is 0 Å². The molecule has 2 heterocycles. The molecule has 0 bridgehead atoms. The summed E-state index contributed by atoms with van der Waals surface area (Å²) in [7, 11) is 1.70. The largest absolute Gasteiger partial charge is 0.335 e. The van der Waals surface area contributed by atoms with Crippen LogP contribution < -0.4 is 5.56 Å². The number of rotatable bonds is 2. The molecule has 0 spiro atoms. The molecule has 1 aliphatic heterocycles. The van der Waals surface area contributed by atoms with Crippen LogP contribution >= 0.6 is 0 Å². The highest BCUT2D eigenvalue weighted by molar-refractivity contribution is 5.94. The van der Waals surface area contributed by atoms with Crippen LogP contribution in [0.1, 0.15) is 50.4 Å². The van der Waals surface area contributed by atoms with Crippen molar-refractivity contribution in [2.24, 2.45) is 18.9 Å². The Balaban J connectivity index is 2.29. The minimum atomic E-state index is -0.134. The minimum absolute atomic E-state index is 0.000463. The van der Waals surface area contributed by atoms with E-state index in [0.29, 0.717) is 17.4 Å². The Bertz CT molecular complexity index is 562. The quantitative estimate of drug-likeness (QED) is 0.840. The number of aryl methyl sites for hydroxylation is 1. The molecule has 1 aromatic rings. The first-order valence-electron chi connectivity index (χ1n) is 7.87. The number of hydrogen-bond donors (Lipinski definition) is 0. The lowest BCUT2D eigenvalue weighted by atomic mass is 9.95. The monoisotopic (exact) mass is 290 g/mol. The van der Waals surface area contributed by atoms with E-state index in [1.54, 1.807) is 19.3 Å². The van der Waals surface area contributed by atoms with Crippen molar-refractivity contribution in [3.8, 4) is 0 Å². The molecule has 0 unspecified atom stereocenters. The summed E-state index contributed by atoms with van der Waals surface area (Å²) in [4.78, 5) is 26.6. The maximum Gasteiger partial charge on any atom is 0.254 e. The molecule has 4 nitrogen and oxygen atoms in total. The van der Waals surface area contributed by atoms with Crippen molar-refractivity contribution in [3.63, 3.8) is 0 Å². The van der Waals surface area contributed by atoms with Gasteiger partial charge < -0.3 is 9.47 Å². The fourth-order valence-corrected chi connectivity index (χ4v) is 3.07. The van der Waals surface area contributed by atoms with Gasteiger partial charge in [0.2, 0.25) is 0 Å². The molecule has 2 atom stereocenters. The minimum Gasteiger partial charge on any atom is -0.335 e. The van der Waals surface area contributed by atoms with Crippen molar-refractivity contribution in [1.29, 1.82) is 0 Å². The standard InChI is InChI=1S/C17H26N2O2/c1-12(2)15-6-5-13(3)7-10-19(15)17(21)14-8-9-18(4)16(20)11-14/h8-9,11-13,15H,5-7,10H2,1-4H3/t13-,15-/m0/s1. The molecule has 0 N–H and O–H groups in total. The number of carbonyl (C=O) groups is 1. The fourth-order valence-electron chi connectivity index (χ4n) is 3.07. The highest BCUT2D eigenvalue weighted by atomic mass is 16.2. The maximum absolute atomic E-state index is 12.8. The first kappa shape index (κ1) is 15.8. The Kier molecular flexibility index (Phi) is 4.86. The summed E-state index contributed by atoms with van der Waals surface area (Å²) < 4.78 is 1.49. The van der Waals surface area contributed by atoms with Gasteiger partial charge in [-0.1, -0.05) is 20.8 Å². The summed E-state index contributed by atoms with van der Waals surface area (Å²) in [6.45, 7) is 7.39. The summed E-state index contributed by atoms with van der Waals surface area (Å²) in [5.74, 6) is 1.10. The summed E-state index contributed by atoms with van der Waals surface area (Å²) in [5.41, 5.74) is 0.378. The molecule has 1 amide bonds. The van der Waals surface area contributed by atoms with E-state index >= 15 is 0 Å². The van der Waals surface area contributed by atoms with Gasteiger partial charge in [0.15, 0.2) is 0 Å². The van der Waals surface area contributed by atoms with Crippen LogP contribution in [0.4, 0.5) is 0 Å². The fraction of sp³-hybridized carbons (Fsp3) is 0.647. The van der Waals surface area contributed by atoms with Gasteiger partial charge in [0.25, 0.3) is 11.5 Å². The Labute approximate surface area is 126 Å². The number of likely N-dealkylation sites (tertiary alicyclic amines) is 1. The van der Waals surface area contributed by atoms with Crippen molar-refractivity contribution in [1.82, 2.24) is 9.47 Å². The van der Waals surface area contributed by atoms with Gasteiger partial charge in [-0.05, 0) is 37.2 Å². The van der Waals surface area contributed by atoms with Crippen LogP contribution in [-0.4, -0.2) is 28.0 Å². The van der Waals surface area contributed by atoms with Crippen LogP contribution in [0.3, 0.4) is 0 Å². The van der Waals surface area contributed by atoms with Crippen molar-refractivity contribution in [2.45, 2.75) is 46.1 Å². The number of amides is 1. The van der Waals surface area contributed by atoms with Crippen LogP contribution in [0.25, 0.3) is 0 Å². The van der Waals surface area contributed by atoms with Gasteiger partial charge in [-0.3, -0.25) is 9.59 Å². The molecule has 0 radical (unpaired) electrons. The Morgan fingerprint density at radius 3 is 2.62 bits per heavy atom. The molecule has 0 saturated carbocycles. The SMILES string of the molecule is CC(C)[C@@H]1CC[C@H](C)CCN1C(=O)c1ccn(C)c(=O)c1. The van der Waals surface area contributed by atoms with Gasteiger partial charge >= 0.3 is 0 Å². The molecule has 4 heteroatoms. The van der Waals surface area contributed by atoms with E-state index in [1.807, 2.05) is 4.90 Å². The third-order valence-corrected chi connectivity index (χ3v) is 4.60. The van der Waals surface area contributed by atoms with Crippen LogP contribution in [-0.2, 0) is 7.05 Å². The third-order valence-electron chi connectivity index (χ3n) is 4.60. The van der Waals surface area contributed by atoms with Gasteiger partial charge in [0.1, 0.15) is 0 Å². The molecule has 21 heavy (non-hydrogen) atoms. The van der Waals surface area contributed by atoms with Gasteiger partial charge in [0, 0.05) is 37.5 Å². The summed E-state index contributed by atoms with van der Waals surface area (Å²) in [5, 5.41) is 0. The molecule has 0 aliphatic carbocycles. The Hall–Kier alpha value is -1.58. The van der Waals surface area contributed by atoms with Gasteiger partial charge in [-0.15, -0.1) is 0 Å². The lowest BCUT2D eigenvalue weighted by Crippen LogP contribution is -2.43. The van der Waals surface area contributed by atoms with Crippen LogP contribution in [0.5, 0.6) is 0 Å². The van der Waals surface area contributed by atoms with Gasteiger partial charge in [-0.2, -0.15) is 0 Å². The van der Waals surface area contributed by atoms with E-state index < -0.39 is 0 Å². The summed E-state index contributed by atoms with van der Waals surface area (Å²) >= 11 is 0. The first-order valence-corrected chi connectivity index (χ1v) is 7.87. The smallest absolute Gasteiger partial charge is 0.254 e. The summed E-state index contributed by atoms with van der Waals surface area (Å²) in [6.07, 6.45) is 4.93. The molecule has 2 rings (SSSR count). The number of carbonyl (C=O) groups excluding carboxylic acids is 1. The third kappa shape index (κ3) is 3.55. The van der Waals surface area contributed by atoms with E-state index in [0.717, 1.165) is 19.4 Å². The normalized spacial score (nSPS) is 23.2. The predicted molar refractivity (Wildman–Crippen MR) is 84.4 cm³/mol. The molecule has 1 aliphatic rings. The number of pyridine rings is 1. The lowest BCUT2D eigenvalue weighted by molar-refractivity contribution is 0.0631. The summed E-state index contributed by atoms with van der Waals surface area (Å²) in [6, 6.07) is 3.47. The zero-order chi connectivity index (χ0) is 15.6. The molecule has 116 valence electrons. The molecule has 1 fully saturated rings. The second kappa shape index (κ2) is 6.46. The lowest BCUT2D eigenvalue weighted by Gasteiger charge is -2.33. The van der Waals surface area contributed by atoms with E-state index in [1.165, 1.54) is 17.1 Å². The zero-order valence-electron chi connectivity index (χ0n) is 13.5. The van der Waals surface area contributed by atoms with E-state index in [4.69, 9.17) is 0 Å². The molecular formula is C17H26N2O2. The predicted octanol–water partition coefficient (Wildman–Crippen LogP) is 2.67. The van der Waals surface area contributed by atoms with Crippen molar-refractivity contribution >= 4 is 5.91 Å². The topological polar surface area (TPSA) is 42.3 Å². The number of hydrogen-bond acceptors (Lipinski definition) is 2. The van der Waals surface area contributed by atoms with E-state index in [-0.39, 0.29) is 17.5 Å². The molecular weight excluding hydrogens is 264 g/mol. The van der Waals surface area contributed by atoms with E-state index in [9.17, 15) is 9.59 Å². The number of aromatic nitrogens is 1. The van der Waals surface area contributed by atoms with Crippen LogP contribution in [0, 0.1) is 11.8 Å². The Morgan fingerprint density at radius 2 is 2.00 bits per heavy atom. The second-order valence-corrected chi connectivity index (χ2v) is 6.65. The highest BCUT2D eigenvalue weighted by Gasteiger charge is 2.30. The molecule has 1 aromatic heterocycles. The second-order valence-electron chi connectivity index (χ2n) is 6.65. The van der Waals surface area contributed by atoms with Crippen LogP contribution in [0.15, 0.2) is 23.1 Å². The van der Waals surface area contributed by atoms with E-state index in [2.05, 4.69) is 20.8 Å².